The summed E-state index contributed by atoms with van der Waals surface area (Å²) in [7, 11) is 1.43. The lowest BCUT2D eigenvalue weighted by molar-refractivity contribution is 0.111. The second-order valence-corrected chi connectivity index (χ2v) is 3.11. The van der Waals surface area contributed by atoms with Gasteiger partial charge in [0.2, 0.25) is 5.75 Å². The molecule has 0 aliphatic carbocycles. The Hall–Kier alpha value is -1.75. The predicted octanol–water partition coefficient (Wildman–Crippen LogP) is 1.07. The summed E-state index contributed by atoms with van der Waals surface area (Å²) in [5, 5.41) is 28.1. The average molecular weight is 212 g/mol. The molecule has 0 unspecified atom stereocenters. The second kappa shape index (κ2) is 4.18. The zero-order valence-corrected chi connectivity index (χ0v) is 8.44. The lowest BCUT2D eigenvalue weighted by Gasteiger charge is -2.13. The van der Waals surface area contributed by atoms with Crippen molar-refractivity contribution in [3.05, 3.63) is 16.7 Å². The highest BCUT2D eigenvalue weighted by Gasteiger charge is 2.20. The molecular formula is C10H12O5. The quantitative estimate of drug-likeness (QED) is 0.515. The van der Waals surface area contributed by atoms with Gasteiger partial charge in [-0.15, -0.1) is 0 Å². The molecule has 1 aromatic rings. The van der Waals surface area contributed by atoms with E-state index in [1.54, 1.807) is 0 Å². The van der Waals surface area contributed by atoms with E-state index < -0.39 is 17.2 Å². The molecule has 5 nitrogen and oxygen atoms in total. The van der Waals surface area contributed by atoms with E-state index in [1.165, 1.54) is 14.0 Å². The Bertz CT molecular complexity index is 398. The molecule has 0 aliphatic rings. The minimum Gasteiger partial charge on any atom is -0.504 e. The molecule has 0 saturated carbocycles. The van der Waals surface area contributed by atoms with Crippen molar-refractivity contribution >= 4 is 6.29 Å². The summed E-state index contributed by atoms with van der Waals surface area (Å²) in [5.41, 5.74) is 0.610. The lowest BCUT2D eigenvalue weighted by Crippen LogP contribution is -1.99. The van der Waals surface area contributed by atoms with Crippen LogP contribution < -0.4 is 0 Å². The van der Waals surface area contributed by atoms with Gasteiger partial charge in [0.25, 0.3) is 0 Å². The zero-order chi connectivity index (χ0) is 11.6. The van der Waals surface area contributed by atoms with E-state index in [-0.39, 0.29) is 12.2 Å². The zero-order valence-electron chi connectivity index (χ0n) is 8.44. The topological polar surface area (TPSA) is 87.0 Å². The summed E-state index contributed by atoms with van der Waals surface area (Å²) in [6.45, 7) is 1.59. The number of rotatable bonds is 3. The largest absolute Gasteiger partial charge is 0.504 e. The first-order valence-corrected chi connectivity index (χ1v) is 4.25. The first-order chi connectivity index (χ1) is 7.04. The maximum atomic E-state index is 10.7. The SMILES string of the molecule is COCc1c(C)c(O)c(O)c(O)c1C=O. The summed E-state index contributed by atoms with van der Waals surface area (Å²) >= 11 is 0. The number of hydrogen-bond donors (Lipinski definition) is 3. The molecule has 0 aliphatic heterocycles. The molecule has 82 valence electrons. The van der Waals surface area contributed by atoms with Gasteiger partial charge >= 0.3 is 0 Å². The highest BCUT2D eigenvalue weighted by molar-refractivity contribution is 5.85. The number of hydrogen-bond acceptors (Lipinski definition) is 5. The number of methoxy groups -OCH3 is 1. The van der Waals surface area contributed by atoms with Crippen molar-refractivity contribution in [3.63, 3.8) is 0 Å². The molecule has 1 aromatic carbocycles. The van der Waals surface area contributed by atoms with Gasteiger partial charge < -0.3 is 20.1 Å². The van der Waals surface area contributed by atoms with Gasteiger partial charge in [0.1, 0.15) is 0 Å². The van der Waals surface area contributed by atoms with Crippen molar-refractivity contribution in [2.24, 2.45) is 0 Å². The molecule has 0 radical (unpaired) electrons. The van der Waals surface area contributed by atoms with Crippen molar-refractivity contribution < 1.29 is 24.9 Å². The van der Waals surface area contributed by atoms with Crippen LogP contribution in [0.25, 0.3) is 0 Å². The molecule has 3 N–H and O–H groups in total. The molecule has 0 amide bonds. The molecule has 0 atom stereocenters. The third kappa shape index (κ3) is 1.73. The van der Waals surface area contributed by atoms with Crippen LogP contribution in [0.5, 0.6) is 17.2 Å². The van der Waals surface area contributed by atoms with Crippen molar-refractivity contribution in [1.29, 1.82) is 0 Å². The van der Waals surface area contributed by atoms with E-state index in [4.69, 9.17) is 4.74 Å². The Morgan fingerprint density at radius 3 is 2.27 bits per heavy atom. The highest BCUT2D eigenvalue weighted by atomic mass is 16.5. The van der Waals surface area contributed by atoms with Crippen LogP contribution in [0, 0.1) is 6.92 Å². The number of phenolic OH excluding ortho intramolecular Hbond substituents is 3. The number of carbonyl (C=O) groups is 1. The first kappa shape index (κ1) is 11.3. The molecule has 1 rings (SSSR count). The summed E-state index contributed by atoms with van der Waals surface area (Å²) in [5.74, 6) is -1.75. The first-order valence-electron chi connectivity index (χ1n) is 4.25. The molecule has 0 fully saturated rings. The summed E-state index contributed by atoms with van der Waals surface area (Å²) in [4.78, 5) is 10.7. The van der Waals surface area contributed by atoms with E-state index in [1.807, 2.05) is 0 Å². The number of phenols is 3. The lowest BCUT2D eigenvalue weighted by atomic mass is 10.0. The molecule has 5 heteroatoms. The third-order valence-electron chi connectivity index (χ3n) is 2.24. The van der Waals surface area contributed by atoms with Crippen molar-refractivity contribution in [2.45, 2.75) is 13.5 Å². The number of aromatic hydroxyl groups is 3. The third-order valence-corrected chi connectivity index (χ3v) is 2.24. The normalized spacial score (nSPS) is 10.3. The Balaban J connectivity index is 3.54. The maximum Gasteiger partial charge on any atom is 0.201 e. The van der Waals surface area contributed by atoms with Gasteiger partial charge in [-0.05, 0) is 12.5 Å². The molecule has 0 spiro atoms. The maximum absolute atomic E-state index is 10.7. The fraction of sp³-hybridized carbons (Fsp3) is 0.300. The molecule has 0 saturated heterocycles. The van der Waals surface area contributed by atoms with Crippen LogP contribution in [0.15, 0.2) is 0 Å². The van der Waals surface area contributed by atoms with Gasteiger partial charge in [-0.2, -0.15) is 0 Å². The Labute approximate surface area is 86.5 Å². The van der Waals surface area contributed by atoms with Crippen LogP contribution in [0.2, 0.25) is 0 Å². The highest BCUT2D eigenvalue weighted by Crippen LogP contribution is 2.42. The van der Waals surface area contributed by atoms with Gasteiger partial charge in [0.05, 0.1) is 12.2 Å². The molecule has 15 heavy (non-hydrogen) atoms. The van der Waals surface area contributed by atoms with E-state index in [0.717, 1.165) is 0 Å². The van der Waals surface area contributed by atoms with E-state index >= 15 is 0 Å². The minimum absolute atomic E-state index is 0.0651. The summed E-state index contributed by atoms with van der Waals surface area (Å²) in [6, 6.07) is 0. The minimum atomic E-state index is -0.686. The van der Waals surface area contributed by atoms with Gasteiger partial charge in [-0.3, -0.25) is 4.79 Å². The van der Waals surface area contributed by atoms with Crippen LogP contribution in [-0.4, -0.2) is 28.7 Å². The molecular weight excluding hydrogens is 200 g/mol. The van der Waals surface area contributed by atoms with Crippen LogP contribution in [0.3, 0.4) is 0 Å². The predicted molar refractivity (Wildman–Crippen MR) is 52.3 cm³/mol. The van der Waals surface area contributed by atoms with E-state index in [0.29, 0.717) is 17.4 Å². The van der Waals surface area contributed by atoms with Crippen LogP contribution in [0.4, 0.5) is 0 Å². The Morgan fingerprint density at radius 1 is 1.20 bits per heavy atom. The number of ether oxygens (including phenoxy) is 1. The standard InChI is InChI=1S/C10H12O5/c1-5-7(4-15-2)6(3-11)9(13)10(14)8(5)12/h3,12-14H,4H2,1-2H3. The van der Waals surface area contributed by atoms with Crippen LogP contribution in [-0.2, 0) is 11.3 Å². The summed E-state index contributed by atoms with van der Waals surface area (Å²) in [6.07, 6.45) is 0.413. The monoisotopic (exact) mass is 212 g/mol. The fourth-order valence-corrected chi connectivity index (χ4v) is 1.36. The van der Waals surface area contributed by atoms with E-state index in [2.05, 4.69) is 0 Å². The molecule has 0 aromatic heterocycles. The number of carbonyl (C=O) groups excluding carboxylic acids is 1. The molecule has 0 heterocycles. The van der Waals surface area contributed by atoms with Crippen molar-refractivity contribution in [1.82, 2.24) is 0 Å². The average Bonchev–Trinajstić information content (AvgIpc) is 2.24. The number of aldehydes is 1. The smallest absolute Gasteiger partial charge is 0.201 e. The van der Waals surface area contributed by atoms with Crippen molar-refractivity contribution in [2.75, 3.05) is 7.11 Å². The number of benzene rings is 1. The fourth-order valence-electron chi connectivity index (χ4n) is 1.36. The van der Waals surface area contributed by atoms with Gasteiger partial charge in [-0.1, -0.05) is 0 Å². The van der Waals surface area contributed by atoms with Crippen LogP contribution in [0.1, 0.15) is 21.5 Å². The van der Waals surface area contributed by atoms with Gasteiger partial charge in [-0.25, -0.2) is 0 Å². The van der Waals surface area contributed by atoms with E-state index in [9.17, 15) is 20.1 Å². The second-order valence-electron chi connectivity index (χ2n) is 3.11. The van der Waals surface area contributed by atoms with Crippen LogP contribution >= 0.6 is 0 Å². The Morgan fingerprint density at radius 2 is 1.80 bits per heavy atom. The van der Waals surface area contributed by atoms with Crippen molar-refractivity contribution in [3.8, 4) is 17.2 Å². The molecule has 0 bridgehead atoms. The van der Waals surface area contributed by atoms with Gasteiger partial charge in [0.15, 0.2) is 17.8 Å². The summed E-state index contributed by atoms with van der Waals surface area (Å²) < 4.78 is 4.84. The Kier molecular flexibility index (Phi) is 3.16. The van der Waals surface area contributed by atoms with Gasteiger partial charge in [0, 0.05) is 12.7 Å².